The largest absolute Gasteiger partial charge is 0.496 e. The second kappa shape index (κ2) is 7.15. The molecule has 110 valence electrons. The highest BCUT2D eigenvalue weighted by molar-refractivity contribution is 7.80. The molecule has 0 saturated heterocycles. The van der Waals surface area contributed by atoms with Crippen LogP contribution in [-0.4, -0.2) is 29.0 Å². The van der Waals surface area contributed by atoms with Crippen molar-refractivity contribution >= 4 is 17.2 Å². The van der Waals surface area contributed by atoms with E-state index in [0.717, 1.165) is 30.0 Å². The summed E-state index contributed by atoms with van der Waals surface area (Å²) in [5.74, 6) is 0.905. The van der Waals surface area contributed by atoms with Gasteiger partial charge in [-0.3, -0.25) is 9.88 Å². The first kappa shape index (κ1) is 15.4. The zero-order valence-electron chi connectivity index (χ0n) is 12.2. The van der Waals surface area contributed by atoms with Crippen molar-refractivity contribution < 1.29 is 4.74 Å². The Morgan fingerprint density at radius 3 is 2.76 bits per heavy atom. The van der Waals surface area contributed by atoms with E-state index < -0.39 is 0 Å². The van der Waals surface area contributed by atoms with E-state index in [1.807, 2.05) is 30.3 Å². The first-order valence-electron chi connectivity index (χ1n) is 6.65. The lowest BCUT2D eigenvalue weighted by molar-refractivity contribution is 0.310. The highest BCUT2D eigenvalue weighted by Gasteiger charge is 2.07. The van der Waals surface area contributed by atoms with Crippen molar-refractivity contribution in [3.05, 3.63) is 59.4 Å². The van der Waals surface area contributed by atoms with Crippen LogP contribution in [0.5, 0.6) is 5.75 Å². The zero-order valence-corrected chi connectivity index (χ0v) is 13.1. The summed E-state index contributed by atoms with van der Waals surface area (Å²) in [6.07, 6.45) is 1.74. The lowest BCUT2D eigenvalue weighted by Crippen LogP contribution is -2.18. The van der Waals surface area contributed by atoms with E-state index in [1.165, 1.54) is 0 Å². The summed E-state index contributed by atoms with van der Waals surface area (Å²) in [6, 6.07) is 11.9. The van der Waals surface area contributed by atoms with E-state index in [-0.39, 0.29) is 0 Å². The summed E-state index contributed by atoms with van der Waals surface area (Å²) >= 11 is 4.96. The van der Waals surface area contributed by atoms with Crippen LogP contribution >= 0.6 is 12.2 Å². The number of benzene rings is 1. The van der Waals surface area contributed by atoms with Crippen molar-refractivity contribution in [2.45, 2.75) is 13.1 Å². The van der Waals surface area contributed by atoms with Gasteiger partial charge in [0.15, 0.2) is 0 Å². The van der Waals surface area contributed by atoms with Crippen LogP contribution in [0.25, 0.3) is 0 Å². The van der Waals surface area contributed by atoms with Crippen molar-refractivity contribution in [2.75, 3.05) is 14.2 Å². The third-order valence-corrected chi connectivity index (χ3v) is 3.37. The highest BCUT2D eigenvalue weighted by Crippen LogP contribution is 2.19. The number of methoxy groups -OCH3 is 1. The minimum absolute atomic E-state index is 0.323. The Labute approximate surface area is 130 Å². The van der Waals surface area contributed by atoms with Crippen LogP contribution in [0.3, 0.4) is 0 Å². The van der Waals surface area contributed by atoms with Gasteiger partial charge in [0.25, 0.3) is 0 Å². The van der Waals surface area contributed by atoms with Gasteiger partial charge in [0.2, 0.25) is 0 Å². The maximum atomic E-state index is 5.61. The molecule has 2 N–H and O–H groups in total. The molecule has 0 fully saturated rings. The number of hydrogen-bond acceptors (Lipinski definition) is 4. The van der Waals surface area contributed by atoms with Gasteiger partial charge in [0.05, 0.1) is 12.8 Å². The normalized spacial score (nSPS) is 10.6. The number of rotatable bonds is 6. The number of nitrogens with two attached hydrogens (primary N) is 1. The van der Waals surface area contributed by atoms with Gasteiger partial charge in [0, 0.05) is 24.8 Å². The Kier molecular flexibility index (Phi) is 5.25. The molecule has 0 radical (unpaired) electrons. The second-order valence-electron chi connectivity index (χ2n) is 4.90. The van der Waals surface area contributed by atoms with Gasteiger partial charge in [-0.15, -0.1) is 0 Å². The molecule has 0 aliphatic rings. The first-order chi connectivity index (χ1) is 10.1. The van der Waals surface area contributed by atoms with Gasteiger partial charge in [-0.25, -0.2) is 0 Å². The van der Waals surface area contributed by atoms with Crippen molar-refractivity contribution in [1.82, 2.24) is 9.88 Å². The predicted octanol–water partition coefficient (Wildman–Crippen LogP) is 2.36. The fourth-order valence-electron chi connectivity index (χ4n) is 2.20. The molecule has 0 aliphatic heterocycles. The molecule has 0 spiro atoms. The number of aromatic nitrogens is 1. The molecular weight excluding hydrogens is 282 g/mol. The number of ether oxygens (including phenoxy) is 1. The Balaban J connectivity index is 2.06. The summed E-state index contributed by atoms with van der Waals surface area (Å²) in [7, 11) is 3.75. The summed E-state index contributed by atoms with van der Waals surface area (Å²) in [5, 5.41) is 0. The molecule has 1 aromatic heterocycles. The molecule has 21 heavy (non-hydrogen) atoms. The Morgan fingerprint density at radius 2 is 2.05 bits per heavy atom. The SMILES string of the molecule is COc1ccccc1CN(C)Cc1ccnc(C(N)=S)c1. The lowest BCUT2D eigenvalue weighted by Gasteiger charge is -2.18. The fraction of sp³-hybridized carbons (Fsp3) is 0.250. The van der Waals surface area contributed by atoms with Gasteiger partial charge in [-0.1, -0.05) is 30.4 Å². The second-order valence-corrected chi connectivity index (χ2v) is 5.34. The summed E-state index contributed by atoms with van der Waals surface area (Å²) in [6.45, 7) is 1.59. The van der Waals surface area contributed by atoms with Gasteiger partial charge in [0.1, 0.15) is 10.7 Å². The summed E-state index contributed by atoms with van der Waals surface area (Å²) in [4.78, 5) is 6.68. The van der Waals surface area contributed by atoms with Gasteiger partial charge in [-0.2, -0.15) is 0 Å². The standard InChI is InChI=1S/C16H19N3OS/c1-19(11-13-5-3-4-6-15(13)20-2)10-12-7-8-18-14(9-12)16(17)21/h3-9H,10-11H2,1-2H3,(H2,17,21). The third-order valence-electron chi connectivity index (χ3n) is 3.16. The predicted molar refractivity (Wildman–Crippen MR) is 88.3 cm³/mol. The van der Waals surface area contributed by atoms with Crippen LogP contribution in [0.15, 0.2) is 42.6 Å². The molecule has 0 aliphatic carbocycles. The Morgan fingerprint density at radius 1 is 1.29 bits per heavy atom. The molecule has 0 unspecified atom stereocenters. The smallest absolute Gasteiger partial charge is 0.123 e. The van der Waals surface area contributed by atoms with E-state index in [2.05, 4.69) is 23.0 Å². The van der Waals surface area contributed by atoms with Crippen molar-refractivity contribution in [3.63, 3.8) is 0 Å². The third kappa shape index (κ3) is 4.24. The number of pyridine rings is 1. The molecule has 1 heterocycles. The molecule has 2 aromatic rings. The number of hydrogen-bond donors (Lipinski definition) is 1. The van der Waals surface area contributed by atoms with Gasteiger partial charge >= 0.3 is 0 Å². The van der Waals surface area contributed by atoms with Crippen LogP contribution < -0.4 is 10.5 Å². The maximum Gasteiger partial charge on any atom is 0.123 e. The van der Waals surface area contributed by atoms with Crippen LogP contribution in [0.4, 0.5) is 0 Å². The van der Waals surface area contributed by atoms with Crippen LogP contribution in [0.1, 0.15) is 16.8 Å². The van der Waals surface area contributed by atoms with E-state index in [9.17, 15) is 0 Å². The molecular formula is C16H19N3OS. The number of thiocarbonyl (C=S) groups is 1. The van der Waals surface area contributed by atoms with Crippen LogP contribution in [0.2, 0.25) is 0 Å². The fourth-order valence-corrected chi connectivity index (χ4v) is 2.31. The zero-order chi connectivity index (χ0) is 15.2. The minimum Gasteiger partial charge on any atom is -0.496 e. The molecule has 0 bridgehead atoms. The topological polar surface area (TPSA) is 51.4 Å². The number of para-hydroxylation sites is 1. The summed E-state index contributed by atoms with van der Waals surface area (Å²) < 4.78 is 5.38. The molecule has 5 heteroatoms. The molecule has 2 rings (SSSR count). The minimum atomic E-state index is 0.323. The maximum absolute atomic E-state index is 5.61. The number of nitrogens with zero attached hydrogens (tertiary/aromatic N) is 2. The molecule has 1 aromatic carbocycles. The van der Waals surface area contributed by atoms with E-state index in [1.54, 1.807) is 13.3 Å². The monoisotopic (exact) mass is 301 g/mol. The van der Waals surface area contributed by atoms with E-state index in [0.29, 0.717) is 10.7 Å². The Hall–Kier alpha value is -1.98. The van der Waals surface area contributed by atoms with Crippen molar-refractivity contribution in [1.29, 1.82) is 0 Å². The average Bonchev–Trinajstić information content (AvgIpc) is 2.48. The van der Waals surface area contributed by atoms with Crippen LogP contribution in [-0.2, 0) is 13.1 Å². The molecule has 0 atom stereocenters. The molecule has 0 amide bonds. The van der Waals surface area contributed by atoms with Crippen molar-refractivity contribution in [3.8, 4) is 5.75 Å². The summed E-state index contributed by atoms with van der Waals surface area (Å²) in [5.41, 5.74) is 8.56. The van der Waals surface area contributed by atoms with E-state index >= 15 is 0 Å². The molecule has 0 saturated carbocycles. The van der Waals surface area contributed by atoms with E-state index in [4.69, 9.17) is 22.7 Å². The lowest BCUT2D eigenvalue weighted by atomic mass is 10.1. The average molecular weight is 301 g/mol. The highest BCUT2D eigenvalue weighted by atomic mass is 32.1. The van der Waals surface area contributed by atoms with Crippen molar-refractivity contribution in [2.24, 2.45) is 5.73 Å². The first-order valence-corrected chi connectivity index (χ1v) is 7.06. The quantitative estimate of drug-likeness (QED) is 0.830. The molecule has 4 nitrogen and oxygen atoms in total. The Bertz CT molecular complexity index is 630. The van der Waals surface area contributed by atoms with Crippen LogP contribution in [0, 0.1) is 0 Å². The van der Waals surface area contributed by atoms with Gasteiger partial charge < -0.3 is 10.5 Å². The van der Waals surface area contributed by atoms with Gasteiger partial charge in [-0.05, 0) is 30.8 Å².